The van der Waals surface area contributed by atoms with Crippen molar-refractivity contribution in [2.24, 2.45) is 0 Å². The van der Waals surface area contributed by atoms with Crippen molar-refractivity contribution in [2.75, 3.05) is 44.8 Å². The number of hydrogen-bond donors (Lipinski definition) is 0. The first-order chi connectivity index (χ1) is 12.6. The van der Waals surface area contributed by atoms with Crippen molar-refractivity contribution in [1.82, 2.24) is 4.90 Å². The van der Waals surface area contributed by atoms with E-state index in [9.17, 15) is 4.79 Å². The number of carbonyl (C=O) groups is 1. The van der Waals surface area contributed by atoms with Crippen LogP contribution >= 0.6 is 11.6 Å². The Hall–Kier alpha value is -2.40. The minimum absolute atomic E-state index is 0.0105. The summed E-state index contributed by atoms with van der Waals surface area (Å²) in [4.78, 5) is 16.5. The average Bonchev–Trinajstić information content (AvgIpc) is 2.66. The number of piperazine rings is 1. The minimum Gasteiger partial charge on any atom is -0.493 e. The summed E-state index contributed by atoms with van der Waals surface area (Å²) in [5.74, 6) is 1.21. The van der Waals surface area contributed by atoms with Gasteiger partial charge in [0.15, 0.2) is 18.1 Å². The first-order valence-corrected chi connectivity index (χ1v) is 9.00. The number of anilines is 1. The number of halogens is 1. The predicted octanol–water partition coefficient (Wildman–Crippen LogP) is 3.38. The van der Waals surface area contributed by atoms with Crippen LogP contribution in [0.15, 0.2) is 42.5 Å². The Morgan fingerprint density at radius 3 is 2.54 bits per heavy atom. The van der Waals surface area contributed by atoms with Crippen LogP contribution in [0.4, 0.5) is 5.69 Å². The van der Waals surface area contributed by atoms with Crippen molar-refractivity contribution >= 4 is 23.2 Å². The summed E-state index contributed by atoms with van der Waals surface area (Å²) in [7, 11) is 1.60. The first kappa shape index (κ1) is 18.4. The summed E-state index contributed by atoms with van der Waals surface area (Å²) in [6.07, 6.45) is 0. The van der Waals surface area contributed by atoms with E-state index in [0.717, 1.165) is 29.4 Å². The van der Waals surface area contributed by atoms with E-state index in [1.807, 2.05) is 54.3 Å². The number of benzene rings is 2. The van der Waals surface area contributed by atoms with Crippen LogP contribution < -0.4 is 14.4 Å². The monoisotopic (exact) mass is 374 g/mol. The smallest absolute Gasteiger partial charge is 0.260 e. The summed E-state index contributed by atoms with van der Waals surface area (Å²) >= 11 is 6.06. The molecule has 1 aliphatic heterocycles. The third-order valence-electron chi connectivity index (χ3n) is 4.48. The lowest BCUT2D eigenvalue weighted by atomic mass is 10.2. The van der Waals surface area contributed by atoms with Crippen molar-refractivity contribution in [2.45, 2.75) is 6.92 Å². The summed E-state index contributed by atoms with van der Waals surface area (Å²) in [5.41, 5.74) is 2.17. The van der Waals surface area contributed by atoms with E-state index >= 15 is 0 Å². The van der Waals surface area contributed by atoms with Crippen LogP contribution in [0.3, 0.4) is 0 Å². The van der Waals surface area contributed by atoms with Gasteiger partial charge in [-0.1, -0.05) is 23.7 Å². The van der Waals surface area contributed by atoms with E-state index in [-0.39, 0.29) is 12.5 Å². The molecule has 26 heavy (non-hydrogen) atoms. The zero-order valence-electron chi connectivity index (χ0n) is 15.1. The molecule has 0 atom stereocenters. The van der Waals surface area contributed by atoms with Gasteiger partial charge in [-0.05, 0) is 42.8 Å². The first-order valence-electron chi connectivity index (χ1n) is 8.62. The summed E-state index contributed by atoms with van der Waals surface area (Å²) < 4.78 is 11.0. The molecule has 1 saturated heterocycles. The molecule has 0 aromatic heterocycles. The van der Waals surface area contributed by atoms with E-state index in [2.05, 4.69) is 4.90 Å². The van der Waals surface area contributed by atoms with Gasteiger partial charge in [0, 0.05) is 36.9 Å². The molecular formula is C20H23ClN2O3. The second-order valence-electron chi connectivity index (χ2n) is 6.29. The lowest BCUT2D eigenvalue weighted by Gasteiger charge is -2.36. The zero-order valence-corrected chi connectivity index (χ0v) is 15.8. The summed E-state index contributed by atoms with van der Waals surface area (Å²) in [5, 5.41) is 0.724. The van der Waals surface area contributed by atoms with E-state index < -0.39 is 0 Å². The molecule has 0 N–H and O–H groups in total. The molecule has 0 aliphatic carbocycles. The van der Waals surface area contributed by atoms with Gasteiger partial charge in [0.2, 0.25) is 0 Å². The standard InChI is InChI=1S/C20H23ClN2O3/c1-15-6-7-18(19(12-15)25-2)26-14-20(24)23-10-8-22(9-11-23)17-5-3-4-16(21)13-17/h3-7,12-13H,8-11,14H2,1-2H3. The Labute approximate surface area is 159 Å². The quantitative estimate of drug-likeness (QED) is 0.804. The maximum Gasteiger partial charge on any atom is 0.260 e. The Morgan fingerprint density at radius 2 is 1.85 bits per heavy atom. The maximum absolute atomic E-state index is 12.5. The molecule has 0 radical (unpaired) electrons. The summed E-state index contributed by atoms with van der Waals surface area (Å²) in [6, 6.07) is 13.5. The maximum atomic E-state index is 12.5. The topological polar surface area (TPSA) is 42.0 Å². The molecule has 1 fully saturated rings. The lowest BCUT2D eigenvalue weighted by molar-refractivity contribution is -0.133. The van der Waals surface area contributed by atoms with Crippen molar-refractivity contribution in [3.8, 4) is 11.5 Å². The van der Waals surface area contributed by atoms with Crippen molar-refractivity contribution in [3.05, 3.63) is 53.1 Å². The Morgan fingerprint density at radius 1 is 1.08 bits per heavy atom. The molecule has 2 aromatic carbocycles. The molecule has 138 valence electrons. The normalized spacial score (nSPS) is 14.3. The molecule has 6 heteroatoms. The number of nitrogens with zero attached hydrogens (tertiary/aromatic N) is 2. The molecule has 1 aliphatic rings. The van der Waals surface area contributed by atoms with Crippen LogP contribution in [0.2, 0.25) is 5.02 Å². The van der Waals surface area contributed by atoms with Crippen molar-refractivity contribution < 1.29 is 14.3 Å². The fourth-order valence-electron chi connectivity index (χ4n) is 3.01. The van der Waals surface area contributed by atoms with Gasteiger partial charge in [-0.15, -0.1) is 0 Å². The fourth-order valence-corrected chi connectivity index (χ4v) is 3.20. The van der Waals surface area contributed by atoms with Gasteiger partial charge in [0.25, 0.3) is 5.91 Å². The van der Waals surface area contributed by atoms with Crippen LogP contribution in [0.5, 0.6) is 11.5 Å². The molecule has 0 spiro atoms. The zero-order chi connectivity index (χ0) is 18.5. The fraction of sp³-hybridized carbons (Fsp3) is 0.350. The number of hydrogen-bond acceptors (Lipinski definition) is 4. The third kappa shape index (κ3) is 4.41. The Kier molecular flexibility index (Phi) is 5.89. The van der Waals surface area contributed by atoms with E-state index in [1.165, 1.54) is 0 Å². The number of carbonyl (C=O) groups excluding carboxylic acids is 1. The van der Waals surface area contributed by atoms with Gasteiger partial charge < -0.3 is 19.3 Å². The number of rotatable bonds is 5. The largest absolute Gasteiger partial charge is 0.493 e. The van der Waals surface area contributed by atoms with E-state index in [1.54, 1.807) is 7.11 Å². The molecule has 3 rings (SSSR count). The minimum atomic E-state index is -0.0154. The van der Waals surface area contributed by atoms with Crippen LogP contribution in [0, 0.1) is 6.92 Å². The number of amides is 1. The number of ether oxygens (including phenoxy) is 2. The second kappa shape index (κ2) is 8.32. The highest BCUT2D eigenvalue weighted by molar-refractivity contribution is 6.30. The Balaban J connectivity index is 1.52. The molecule has 1 heterocycles. The van der Waals surface area contributed by atoms with Gasteiger partial charge >= 0.3 is 0 Å². The molecule has 0 saturated carbocycles. The van der Waals surface area contributed by atoms with Crippen LogP contribution in [-0.4, -0.2) is 50.7 Å². The summed E-state index contributed by atoms with van der Waals surface area (Å²) in [6.45, 7) is 4.88. The van der Waals surface area contributed by atoms with Gasteiger partial charge in [-0.25, -0.2) is 0 Å². The molecule has 1 amide bonds. The molecule has 2 aromatic rings. The number of aryl methyl sites for hydroxylation is 1. The lowest BCUT2D eigenvalue weighted by Crippen LogP contribution is -2.50. The highest BCUT2D eigenvalue weighted by Crippen LogP contribution is 2.28. The second-order valence-corrected chi connectivity index (χ2v) is 6.73. The van der Waals surface area contributed by atoms with Crippen LogP contribution in [0.1, 0.15) is 5.56 Å². The SMILES string of the molecule is COc1cc(C)ccc1OCC(=O)N1CCN(c2cccc(Cl)c2)CC1. The highest BCUT2D eigenvalue weighted by Gasteiger charge is 2.22. The van der Waals surface area contributed by atoms with Crippen LogP contribution in [-0.2, 0) is 4.79 Å². The van der Waals surface area contributed by atoms with Crippen molar-refractivity contribution in [1.29, 1.82) is 0 Å². The van der Waals surface area contributed by atoms with Gasteiger partial charge in [0.1, 0.15) is 0 Å². The van der Waals surface area contributed by atoms with Gasteiger partial charge in [0.05, 0.1) is 7.11 Å². The third-order valence-corrected chi connectivity index (χ3v) is 4.71. The van der Waals surface area contributed by atoms with Gasteiger partial charge in [-0.2, -0.15) is 0 Å². The Bertz CT molecular complexity index is 773. The van der Waals surface area contributed by atoms with E-state index in [0.29, 0.717) is 24.6 Å². The average molecular weight is 375 g/mol. The molecule has 0 unspecified atom stereocenters. The van der Waals surface area contributed by atoms with Crippen LogP contribution in [0.25, 0.3) is 0 Å². The molecule has 5 nitrogen and oxygen atoms in total. The van der Waals surface area contributed by atoms with Crippen molar-refractivity contribution in [3.63, 3.8) is 0 Å². The number of methoxy groups -OCH3 is 1. The van der Waals surface area contributed by atoms with Gasteiger partial charge in [-0.3, -0.25) is 4.79 Å². The van der Waals surface area contributed by atoms with E-state index in [4.69, 9.17) is 21.1 Å². The molecular weight excluding hydrogens is 352 g/mol. The predicted molar refractivity (Wildman–Crippen MR) is 103 cm³/mol. The highest BCUT2D eigenvalue weighted by atomic mass is 35.5. The molecule has 0 bridgehead atoms.